The smallest absolute Gasteiger partial charge is 0.196 e. The molecule has 0 saturated heterocycles. The normalized spacial score (nSPS) is 10.4. The molecule has 0 N–H and O–H groups in total. The highest BCUT2D eigenvalue weighted by molar-refractivity contribution is 6.10. The van der Waals surface area contributed by atoms with Crippen molar-refractivity contribution < 1.29 is 18.3 Å². The first-order valence-corrected chi connectivity index (χ1v) is 7.25. The van der Waals surface area contributed by atoms with E-state index in [0.717, 1.165) is 11.6 Å². The maximum absolute atomic E-state index is 13.5. The van der Waals surface area contributed by atoms with Gasteiger partial charge in [0.05, 0.1) is 5.56 Å². The van der Waals surface area contributed by atoms with Crippen LogP contribution in [0.3, 0.4) is 0 Å². The number of pyridine rings is 1. The highest BCUT2D eigenvalue weighted by Gasteiger charge is 2.16. The summed E-state index contributed by atoms with van der Waals surface area (Å²) in [5, 5.41) is 0. The third-order valence-electron chi connectivity index (χ3n) is 3.44. The highest BCUT2D eigenvalue weighted by Crippen LogP contribution is 2.24. The minimum atomic E-state index is -0.504. The standard InChI is InChI=1S/C19H13F2NO2/c20-15-3-1-14(2-4-15)19(23)17-6-5-16(21)11-18(17)24-12-13-7-9-22-10-8-13/h1-11H,12H2. The molecule has 3 aromatic rings. The summed E-state index contributed by atoms with van der Waals surface area (Å²) in [4.78, 5) is 16.5. The molecule has 0 fully saturated rings. The van der Waals surface area contributed by atoms with Crippen molar-refractivity contribution in [1.29, 1.82) is 0 Å². The summed E-state index contributed by atoms with van der Waals surface area (Å²) >= 11 is 0. The molecule has 0 atom stereocenters. The SMILES string of the molecule is O=C(c1ccc(F)cc1)c1ccc(F)cc1OCc1ccncc1. The second-order valence-electron chi connectivity index (χ2n) is 5.12. The lowest BCUT2D eigenvalue weighted by atomic mass is 10.0. The molecule has 0 saturated carbocycles. The Hall–Kier alpha value is -3.08. The van der Waals surface area contributed by atoms with Crippen LogP contribution in [0.1, 0.15) is 21.5 Å². The van der Waals surface area contributed by atoms with Crippen molar-refractivity contribution in [3.05, 3.63) is 95.3 Å². The number of ether oxygens (including phenoxy) is 1. The lowest BCUT2D eigenvalue weighted by Crippen LogP contribution is -2.06. The van der Waals surface area contributed by atoms with Gasteiger partial charge in [0.1, 0.15) is 24.0 Å². The Kier molecular flexibility index (Phi) is 4.61. The Morgan fingerprint density at radius 1 is 0.917 bits per heavy atom. The monoisotopic (exact) mass is 325 g/mol. The molecule has 0 amide bonds. The highest BCUT2D eigenvalue weighted by atomic mass is 19.1. The summed E-state index contributed by atoms with van der Waals surface area (Å²) in [6, 6.07) is 12.4. The van der Waals surface area contributed by atoms with E-state index in [-0.39, 0.29) is 23.7 Å². The molecule has 3 rings (SSSR count). The minimum Gasteiger partial charge on any atom is -0.488 e. The molecule has 0 aliphatic rings. The van der Waals surface area contributed by atoms with E-state index in [4.69, 9.17) is 4.74 Å². The van der Waals surface area contributed by atoms with Gasteiger partial charge >= 0.3 is 0 Å². The molecular weight excluding hydrogens is 312 g/mol. The molecule has 0 aliphatic carbocycles. The molecular formula is C19H13F2NO2. The third kappa shape index (κ3) is 3.63. The van der Waals surface area contributed by atoms with E-state index in [1.165, 1.54) is 36.4 Å². The Morgan fingerprint density at radius 3 is 2.29 bits per heavy atom. The number of carbonyl (C=O) groups is 1. The van der Waals surface area contributed by atoms with Crippen molar-refractivity contribution in [3.8, 4) is 5.75 Å². The van der Waals surface area contributed by atoms with E-state index in [1.54, 1.807) is 24.5 Å². The summed E-state index contributed by atoms with van der Waals surface area (Å²) < 4.78 is 32.2. The predicted molar refractivity (Wildman–Crippen MR) is 84.8 cm³/mol. The number of carbonyl (C=O) groups excluding carboxylic acids is 1. The molecule has 0 radical (unpaired) electrons. The topological polar surface area (TPSA) is 39.2 Å². The Bertz CT molecular complexity index is 849. The molecule has 0 spiro atoms. The van der Waals surface area contributed by atoms with Crippen LogP contribution in [0.15, 0.2) is 67.0 Å². The van der Waals surface area contributed by atoms with Crippen molar-refractivity contribution in [2.75, 3.05) is 0 Å². The number of rotatable bonds is 5. The quantitative estimate of drug-likeness (QED) is 0.661. The first-order valence-electron chi connectivity index (χ1n) is 7.25. The van der Waals surface area contributed by atoms with Gasteiger partial charge in [0.15, 0.2) is 5.78 Å². The number of hydrogen-bond donors (Lipinski definition) is 0. The maximum Gasteiger partial charge on any atom is 0.196 e. The zero-order chi connectivity index (χ0) is 16.9. The van der Waals surface area contributed by atoms with Gasteiger partial charge in [-0.15, -0.1) is 0 Å². The van der Waals surface area contributed by atoms with E-state index < -0.39 is 11.6 Å². The fourth-order valence-corrected chi connectivity index (χ4v) is 2.20. The fourth-order valence-electron chi connectivity index (χ4n) is 2.20. The van der Waals surface area contributed by atoms with Gasteiger partial charge in [-0.2, -0.15) is 0 Å². The first kappa shape index (κ1) is 15.8. The van der Waals surface area contributed by atoms with Crippen LogP contribution >= 0.6 is 0 Å². The summed E-state index contributed by atoms with van der Waals surface area (Å²) in [5.41, 5.74) is 1.36. The van der Waals surface area contributed by atoms with E-state index in [2.05, 4.69) is 4.98 Å². The van der Waals surface area contributed by atoms with E-state index in [0.29, 0.717) is 5.56 Å². The van der Waals surface area contributed by atoms with Gasteiger partial charge in [-0.3, -0.25) is 9.78 Å². The van der Waals surface area contributed by atoms with E-state index >= 15 is 0 Å². The molecule has 1 heterocycles. The van der Waals surface area contributed by atoms with Crippen LogP contribution in [0, 0.1) is 11.6 Å². The van der Waals surface area contributed by atoms with Gasteiger partial charge in [0, 0.05) is 24.0 Å². The van der Waals surface area contributed by atoms with Crippen LogP contribution in [-0.2, 0) is 6.61 Å². The Labute approximate surface area is 137 Å². The first-order chi connectivity index (χ1) is 11.6. The molecule has 0 aliphatic heterocycles. The van der Waals surface area contributed by atoms with Gasteiger partial charge in [-0.25, -0.2) is 8.78 Å². The van der Waals surface area contributed by atoms with Gasteiger partial charge < -0.3 is 4.74 Å². The summed E-state index contributed by atoms with van der Waals surface area (Å²) in [5.74, 6) is -1.16. The molecule has 24 heavy (non-hydrogen) atoms. The molecule has 0 unspecified atom stereocenters. The molecule has 0 bridgehead atoms. The maximum atomic E-state index is 13.5. The molecule has 3 nitrogen and oxygen atoms in total. The Morgan fingerprint density at radius 2 is 1.58 bits per heavy atom. The van der Waals surface area contributed by atoms with Gasteiger partial charge in [0.2, 0.25) is 0 Å². The van der Waals surface area contributed by atoms with Gasteiger partial charge in [-0.05, 0) is 54.1 Å². The second kappa shape index (κ2) is 7.00. The van der Waals surface area contributed by atoms with Crippen molar-refractivity contribution in [2.24, 2.45) is 0 Å². The van der Waals surface area contributed by atoms with Crippen LogP contribution in [0.4, 0.5) is 8.78 Å². The van der Waals surface area contributed by atoms with Crippen LogP contribution in [0.2, 0.25) is 0 Å². The van der Waals surface area contributed by atoms with Crippen molar-refractivity contribution in [3.63, 3.8) is 0 Å². The molecule has 2 aromatic carbocycles. The lowest BCUT2D eigenvalue weighted by Gasteiger charge is -2.11. The number of ketones is 1. The fraction of sp³-hybridized carbons (Fsp3) is 0.0526. The summed E-state index contributed by atoms with van der Waals surface area (Å²) in [6.07, 6.45) is 3.24. The lowest BCUT2D eigenvalue weighted by molar-refractivity contribution is 0.103. The van der Waals surface area contributed by atoms with Crippen molar-refractivity contribution in [1.82, 2.24) is 4.98 Å². The number of nitrogens with zero attached hydrogens (tertiary/aromatic N) is 1. The van der Waals surface area contributed by atoms with Crippen LogP contribution in [0.25, 0.3) is 0 Å². The van der Waals surface area contributed by atoms with Gasteiger partial charge in [0.25, 0.3) is 0 Å². The van der Waals surface area contributed by atoms with Crippen LogP contribution < -0.4 is 4.74 Å². The van der Waals surface area contributed by atoms with Crippen molar-refractivity contribution in [2.45, 2.75) is 6.61 Å². The van der Waals surface area contributed by atoms with Crippen LogP contribution in [-0.4, -0.2) is 10.8 Å². The number of hydrogen-bond acceptors (Lipinski definition) is 3. The summed E-state index contributed by atoms with van der Waals surface area (Å²) in [7, 11) is 0. The number of halogens is 2. The third-order valence-corrected chi connectivity index (χ3v) is 3.44. The number of aromatic nitrogens is 1. The van der Waals surface area contributed by atoms with Crippen LogP contribution in [0.5, 0.6) is 5.75 Å². The average Bonchev–Trinajstić information content (AvgIpc) is 2.61. The number of benzene rings is 2. The molecule has 120 valence electrons. The zero-order valence-corrected chi connectivity index (χ0v) is 12.6. The second-order valence-corrected chi connectivity index (χ2v) is 5.12. The summed E-state index contributed by atoms with van der Waals surface area (Å²) in [6.45, 7) is 0.176. The predicted octanol–water partition coefficient (Wildman–Crippen LogP) is 4.17. The average molecular weight is 325 g/mol. The Balaban J connectivity index is 1.87. The molecule has 5 heteroatoms. The molecule has 1 aromatic heterocycles. The minimum absolute atomic E-state index is 0.140. The van der Waals surface area contributed by atoms with E-state index in [9.17, 15) is 13.6 Å². The van der Waals surface area contributed by atoms with Crippen molar-refractivity contribution >= 4 is 5.78 Å². The van der Waals surface area contributed by atoms with Gasteiger partial charge in [-0.1, -0.05) is 0 Å². The zero-order valence-electron chi connectivity index (χ0n) is 12.6. The largest absolute Gasteiger partial charge is 0.488 e. The van der Waals surface area contributed by atoms with E-state index in [1.807, 2.05) is 0 Å².